The number of hydrogen-bond acceptors (Lipinski definition) is 4. The summed E-state index contributed by atoms with van der Waals surface area (Å²) in [6.07, 6.45) is 2.63. The highest BCUT2D eigenvalue weighted by atomic mass is 16.5. The predicted molar refractivity (Wildman–Crippen MR) is 90.1 cm³/mol. The molecule has 0 saturated carbocycles. The van der Waals surface area contributed by atoms with Crippen LogP contribution in [0.2, 0.25) is 0 Å². The normalized spacial score (nSPS) is 24.3. The first-order valence-electron chi connectivity index (χ1n) is 8.55. The SMILES string of the molecule is COc1cc2c(cc1OC)[C@@H]1CC(=O)[C@H](CC(C)C)CN1CC2. The van der Waals surface area contributed by atoms with E-state index in [2.05, 4.69) is 30.9 Å². The Labute approximate surface area is 138 Å². The maximum absolute atomic E-state index is 12.6. The fourth-order valence-corrected chi connectivity index (χ4v) is 4.05. The number of piperidine rings is 1. The predicted octanol–water partition coefficient (Wildman–Crippen LogP) is 3.24. The maximum Gasteiger partial charge on any atom is 0.161 e. The van der Waals surface area contributed by atoms with Crippen molar-refractivity contribution in [1.82, 2.24) is 4.90 Å². The van der Waals surface area contributed by atoms with Crippen LogP contribution in [-0.4, -0.2) is 38.0 Å². The van der Waals surface area contributed by atoms with Gasteiger partial charge in [0, 0.05) is 31.5 Å². The van der Waals surface area contributed by atoms with Crippen molar-refractivity contribution in [3.63, 3.8) is 0 Å². The smallest absolute Gasteiger partial charge is 0.161 e. The van der Waals surface area contributed by atoms with Gasteiger partial charge in [-0.3, -0.25) is 9.69 Å². The summed E-state index contributed by atoms with van der Waals surface area (Å²) < 4.78 is 10.9. The molecule has 0 radical (unpaired) electrons. The van der Waals surface area contributed by atoms with Crippen molar-refractivity contribution in [3.05, 3.63) is 23.3 Å². The third-order valence-corrected chi connectivity index (χ3v) is 5.17. The average Bonchev–Trinajstić information content (AvgIpc) is 2.53. The first kappa shape index (κ1) is 16.3. The summed E-state index contributed by atoms with van der Waals surface area (Å²) in [4.78, 5) is 15.1. The molecular weight excluding hydrogens is 290 g/mol. The summed E-state index contributed by atoms with van der Waals surface area (Å²) in [6, 6.07) is 4.35. The topological polar surface area (TPSA) is 38.8 Å². The largest absolute Gasteiger partial charge is 0.493 e. The van der Waals surface area contributed by atoms with Gasteiger partial charge < -0.3 is 9.47 Å². The van der Waals surface area contributed by atoms with E-state index in [1.807, 2.05) is 0 Å². The highest BCUT2D eigenvalue weighted by Crippen LogP contribution is 2.42. The maximum atomic E-state index is 12.6. The second-order valence-corrected chi connectivity index (χ2v) is 7.16. The van der Waals surface area contributed by atoms with E-state index in [4.69, 9.17) is 9.47 Å². The Kier molecular flexibility index (Phi) is 4.62. The Morgan fingerprint density at radius 2 is 1.91 bits per heavy atom. The lowest BCUT2D eigenvalue weighted by Crippen LogP contribution is -2.46. The molecular formula is C19H27NO3. The van der Waals surface area contributed by atoms with Gasteiger partial charge in [0.2, 0.25) is 0 Å². The summed E-state index contributed by atoms with van der Waals surface area (Å²) in [5.41, 5.74) is 2.53. The van der Waals surface area contributed by atoms with Gasteiger partial charge in [0.15, 0.2) is 11.5 Å². The molecule has 0 aromatic heterocycles. The van der Waals surface area contributed by atoms with Gasteiger partial charge in [-0.25, -0.2) is 0 Å². The van der Waals surface area contributed by atoms with Crippen molar-refractivity contribution in [1.29, 1.82) is 0 Å². The molecule has 0 N–H and O–H groups in total. The number of fused-ring (bicyclic) bond motifs is 3. The molecule has 1 aromatic carbocycles. The molecule has 1 fully saturated rings. The minimum absolute atomic E-state index is 0.202. The van der Waals surface area contributed by atoms with E-state index in [-0.39, 0.29) is 12.0 Å². The number of carbonyl (C=O) groups excluding carboxylic acids is 1. The molecule has 4 nitrogen and oxygen atoms in total. The van der Waals surface area contributed by atoms with E-state index in [1.165, 1.54) is 11.1 Å². The molecule has 2 heterocycles. The van der Waals surface area contributed by atoms with Gasteiger partial charge in [0.05, 0.1) is 14.2 Å². The van der Waals surface area contributed by atoms with Gasteiger partial charge in [-0.1, -0.05) is 13.8 Å². The lowest BCUT2D eigenvalue weighted by Gasteiger charge is -2.43. The monoisotopic (exact) mass is 317 g/mol. The molecule has 2 aliphatic rings. The van der Waals surface area contributed by atoms with Crippen LogP contribution in [0.3, 0.4) is 0 Å². The molecule has 4 heteroatoms. The first-order valence-corrected chi connectivity index (χ1v) is 8.55. The average molecular weight is 317 g/mol. The van der Waals surface area contributed by atoms with Crippen molar-refractivity contribution in [2.24, 2.45) is 11.8 Å². The number of rotatable bonds is 4. The number of carbonyl (C=O) groups is 1. The number of Topliss-reactive ketones (excluding diaryl/α,β-unsaturated/α-hetero) is 1. The molecule has 23 heavy (non-hydrogen) atoms. The van der Waals surface area contributed by atoms with E-state index in [0.29, 0.717) is 18.1 Å². The summed E-state index contributed by atoms with van der Waals surface area (Å²) in [5.74, 6) is 2.72. The van der Waals surface area contributed by atoms with E-state index in [9.17, 15) is 4.79 Å². The molecule has 2 atom stereocenters. The minimum Gasteiger partial charge on any atom is -0.493 e. The van der Waals surface area contributed by atoms with Crippen molar-refractivity contribution in [2.75, 3.05) is 27.3 Å². The fourth-order valence-electron chi connectivity index (χ4n) is 4.05. The van der Waals surface area contributed by atoms with Crippen molar-refractivity contribution in [2.45, 2.75) is 39.2 Å². The van der Waals surface area contributed by atoms with Crippen LogP contribution in [-0.2, 0) is 11.2 Å². The zero-order valence-corrected chi connectivity index (χ0v) is 14.6. The Bertz CT molecular complexity index is 597. The Morgan fingerprint density at radius 3 is 2.57 bits per heavy atom. The highest BCUT2D eigenvalue weighted by molar-refractivity contribution is 5.83. The van der Waals surface area contributed by atoms with Crippen molar-refractivity contribution in [3.8, 4) is 11.5 Å². The third-order valence-electron chi connectivity index (χ3n) is 5.17. The van der Waals surface area contributed by atoms with Crippen LogP contribution >= 0.6 is 0 Å². The van der Waals surface area contributed by atoms with Crippen LogP contribution in [0.1, 0.15) is 43.9 Å². The van der Waals surface area contributed by atoms with Gasteiger partial charge in [-0.15, -0.1) is 0 Å². The molecule has 1 saturated heterocycles. The Hall–Kier alpha value is -1.55. The van der Waals surface area contributed by atoms with Crippen molar-refractivity contribution < 1.29 is 14.3 Å². The van der Waals surface area contributed by atoms with E-state index in [0.717, 1.165) is 37.4 Å². The summed E-state index contributed by atoms with van der Waals surface area (Å²) in [5, 5.41) is 0. The van der Waals surface area contributed by atoms with Gasteiger partial charge in [-0.2, -0.15) is 0 Å². The Morgan fingerprint density at radius 1 is 1.22 bits per heavy atom. The van der Waals surface area contributed by atoms with Crippen LogP contribution in [0.15, 0.2) is 12.1 Å². The first-order chi connectivity index (χ1) is 11.0. The molecule has 0 bridgehead atoms. The molecule has 3 rings (SSSR count). The summed E-state index contributed by atoms with van der Waals surface area (Å²) in [6.45, 7) is 6.31. The number of methoxy groups -OCH3 is 2. The number of nitrogens with zero attached hydrogens (tertiary/aromatic N) is 1. The fraction of sp³-hybridized carbons (Fsp3) is 0.632. The zero-order chi connectivity index (χ0) is 16.6. The summed E-state index contributed by atoms with van der Waals surface area (Å²) in [7, 11) is 3.33. The van der Waals surface area contributed by atoms with Crippen LogP contribution in [0.5, 0.6) is 11.5 Å². The summed E-state index contributed by atoms with van der Waals surface area (Å²) >= 11 is 0. The number of benzene rings is 1. The van der Waals surface area contributed by atoms with Gasteiger partial charge in [0.25, 0.3) is 0 Å². The van der Waals surface area contributed by atoms with Gasteiger partial charge in [-0.05, 0) is 42.0 Å². The van der Waals surface area contributed by atoms with E-state index < -0.39 is 0 Å². The van der Waals surface area contributed by atoms with Crippen molar-refractivity contribution >= 4 is 5.78 Å². The van der Waals surface area contributed by atoms with E-state index in [1.54, 1.807) is 14.2 Å². The zero-order valence-electron chi connectivity index (χ0n) is 14.6. The van der Waals surface area contributed by atoms with Crippen LogP contribution in [0, 0.1) is 11.8 Å². The number of ketones is 1. The molecule has 0 spiro atoms. The minimum atomic E-state index is 0.202. The second kappa shape index (κ2) is 6.52. The molecule has 0 unspecified atom stereocenters. The molecule has 0 amide bonds. The molecule has 126 valence electrons. The second-order valence-electron chi connectivity index (χ2n) is 7.16. The van der Waals surface area contributed by atoms with Crippen LogP contribution < -0.4 is 9.47 Å². The standard InChI is InChI=1S/C19H27NO3/c1-12(2)7-14-11-20-6-5-13-8-18(22-3)19(23-4)9-15(13)16(20)10-17(14)21/h8-9,12,14,16H,5-7,10-11H2,1-4H3/t14-,16+/m1/s1. The lowest BCUT2D eigenvalue weighted by atomic mass is 9.80. The molecule has 1 aromatic rings. The number of hydrogen-bond donors (Lipinski definition) is 0. The highest BCUT2D eigenvalue weighted by Gasteiger charge is 2.38. The lowest BCUT2D eigenvalue weighted by molar-refractivity contribution is -0.129. The van der Waals surface area contributed by atoms with E-state index >= 15 is 0 Å². The van der Waals surface area contributed by atoms with Crippen LogP contribution in [0.4, 0.5) is 0 Å². The third kappa shape index (κ3) is 3.09. The van der Waals surface area contributed by atoms with Gasteiger partial charge in [0.1, 0.15) is 5.78 Å². The molecule has 0 aliphatic carbocycles. The quantitative estimate of drug-likeness (QED) is 0.854. The Balaban J connectivity index is 1.89. The molecule has 2 aliphatic heterocycles. The van der Waals surface area contributed by atoms with Crippen LogP contribution in [0.25, 0.3) is 0 Å². The number of ether oxygens (including phenoxy) is 2. The van der Waals surface area contributed by atoms with Gasteiger partial charge >= 0.3 is 0 Å².